The maximum absolute atomic E-state index is 12.2. The van der Waals surface area contributed by atoms with Gasteiger partial charge in [0.25, 0.3) is 21.6 Å². The van der Waals surface area contributed by atoms with E-state index in [0.29, 0.717) is 5.69 Å². The van der Waals surface area contributed by atoms with Crippen molar-refractivity contribution in [1.29, 1.82) is 0 Å². The minimum atomic E-state index is -4.15. The predicted octanol–water partition coefficient (Wildman–Crippen LogP) is 1.46. The SMILES string of the molecule is CNC(=O)Nc1ccc(S(=O)(=O)NC(=O)c2ccc([N+](=O)[O-])cc2)cc1. The zero-order valence-corrected chi connectivity index (χ0v) is 14.2. The summed E-state index contributed by atoms with van der Waals surface area (Å²) in [7, 11) is -2.71. The highest BCUT2D eigenvalue weighted by atomic mass is 32.2. The number of benzene rings is 2. The van der Waals surface area contributed by atoms with Crippen LogP contribution in [0.1, 0.15) is 10.4 Å². The number of urea groups is 1. The van der Waals surface area contributed by atoms with E-state index in [1.807, 2.05) is 4.72 Å². The van der Waals surface area contributed by atoms with Crippen LogP contribution in [0.15, 0.2) is 53.4 Å². The Morgan fingerprint density at radius 2 is 1.58 bits per heavy atom. The van der Waals surface area contributed by atoms with Gasteiger partial charge < -0.3 is 10.6 Å². The van der Waals surface area contributed by atoms with E-state index in [9.17, 15) is 28.1 Å². The smallest absolute Gasteiger partial charge is 0.318 e. The van der Waals surface area contributed by atoms with E-state index in [-0.39, 0.29) is 16.1 Å². The molecule has 0 aliphatic carbocycles. The molecule has 2 rings (SSSR count). The van der Waals surface area contributed by atoms with E-state index >= 15 is 0 Å². The van der Waals surface area contributed by atoms with Crippen molar-refractivity contribution >= 4 is 33.3 Å². The number of carbonyl (C=O) groups excluding carboxylic acids is 2. The third kappa shape index (κ3) is 4.54. The van der Waals surface area contributed by atoms with Gasteiger partial charge in [-0.05, 0) is 36.4 Å². The fraction of sp³-hybridized carbons (Fsp3) is 0.0667. The lowest BCUT2D eigenvalue weighted by molar-refractivity contribution is -0.384. The summed E-state index contributed by atoms with van der Waals surface area (Å²) in [5, 5.41) is 15.4. The summed E-state index contributed by atoms with van der Waals surface area (Å²) in [5.41, 5.74) is 0.102. The number of sulfonamides is 1. The molecular weight excluding hydrogens is 364 g/mol. The van der Waals surface area contributed by atoms with Crippen molar-refractivity contribution in [3.05, 3.63) is 64.2 Å². The first-order chi connectivity index (χ1) is 12.2. The summed E-state index contributed by atoms with van der Waals surface area (Å²) in [6.07, 6.45) is 0. The molecule has 11 heteroatoms. The van der Waals surface area contributed by atoms with Crippen molar-refractivity contribution in [2.45, 2.75) is 4.90 Å². The number of hydrogen-bond donors (Lipinski definition) is 3. The molecule has 0 saturated heterocycles. The molecule has 2 aromatic rings. The average molecular weight is 378 g/mol. The minimum Gasteiger partial charge on any atom is -0.341 e. The van der Waals surface area contributed by atoms with E-state index in [0.717, 1.165) is 24.3 Å². The number of rotatable bonds is 5. The van der Waals surface area contributed by atoms with Crippen molar-refractivity contribution in [1.82, 2.24) is 10.0 Å². The number of nitro groups is 1. The number of anilines is 1. The largest absolute Gasteiger partial charge is 0.341 e. The summed E-state index contributed by atoms with van der Waals surface area (Å²) in [6, 6.07) is 9.20. The van der Waals surface area contributed by atoms with E-state index in [1.165, 1.54) is 31.3 Å². The molecule has 136 valence electrons. The van der Waals surface area contributed by atoms with Crippen molar-refractivity contribution in [3.8, 4) is 0 Å². The molecule has 10 nitrogen and oxygen atoms in total. The van der Waals surface area contributed by atoms with Gasteiger partial charge in [0.1, 0.15) is 0 Å². The van der Waals surface area contributed by atoms with Crippen LogP contribution in [0.4, 0.5) is 16.2 Å². The maximum atomic E-state index is 12.2. The standard InChI is InChI=1S/C15H14N4O6S/c1-16-15(21)17-11-4-8-13(9-5-11)26(24,25)18-14(20)10-2-6-12(7-3-10)19(22)23/h2-9H,1H3,(H,18,20)(H2,16,17,21). The summed E-state index contributed by atoms with van der Waals surface area (Å²) in [4.78, 5) is 33.0. The highest BCUT2D eigenvalue weighted by Crippen LogP contribution is 2.16. The summed E-state index contributed by atoms with van der Waals surface area (Å²) < 4.78 is 26.4. The highest BCUT2D eigenvalue weighted by Gasteiger charge is 2.19. The third-order valence-electron chi connectivity index (χ3n) is 3.22. The number of amides is 3. The number of nitrogens with zero attached hydrogens (tertiary/aromatic N) is 1. The first kappa shape index (κ1) is 18.9. The molecule has 0 fully saturated rings. The van der Waals surface area contributed by atoms with Crippen LogP contribution in [-0.2, 0) is 10.0 Å². The lowest BCUT2D eigenvalue weighted by Gasteiger charge is -2.08. The van der Waals surface area contributed by atoms with Gasteiger partial charge in [0, 0.05) is 30.4 Å². The Bertz CT molecular complexity index is 939. The van der Waals surface area contributed by atoms with Crippen LogP contribution >= 0.6 is 0 Å². The quantitative estimate of drug-likeness (QED) is 0.530. The molecule has 0 atom stereocenters. The molecule has 3 amide bonds. The van der Waals surface area contributed by atoms with Crippen molar-refractivity contribution in [2.75, 3.05) is 12.4 Å². The second kappa shape index (κ2) is 7.61. The van der Waals surface area contributed by atoms with Gasteiger partial charge in [0.2, 0.25) is 0 Å². The Morgan fingerprint density at radius 1 is 1.00 bits per heavy atom. The fourth-order valence-electron chi connectivity index (χ4n) is 1.89. The average Bonchev–Trinajstić information content (AvgIpc) is 2.61. The predicted molar refractivity (Wildman–Crippen MR) is 92.3 cm³/mol. The van der Waals surface area contributed by atoms with E-state index in [4.69, 9.17) is 0 Å². The number of carbonyl (C=O) groups is 2. The summed E-state index contributed by atoms with van der Waals surface area (Å²) in [6.45, 7) is 0. The molecule has 3 N–H and O–H groups in total. The van der Waals surface area contributed by atoms with Gasteiger partial charge in [-0.2, -0.15) is 0 Å². The van der Waals surface area contributed by atoms with Crippen molar-refractivity contribution < 1.29 is 22.9 Å². The first-order valence-corrected chi connectivity index (χ1v) is 8.61. The number of nitrogens with one attached hydrogen (secondary N) is 3. The van der Waals surface area contributed by atoms with E-state index in [1.54, 1.807) is 0 Å². The Hall–Kier alpha value is -3.47. The molecular formula is C15H14N4O6S. The monoisotopic (exact) mass is 378 g/mol. The van der Waals surface area contributed by atoms with Gasteiger partial charge in [0.15, 0.2) is 0 Å². The van der Waals surface area contributed by atoms with Gasteiger partial charge >= 0.3 is 6.03 Å². The first-order valence-electron chi connectivity index (χ1n) is 7.13. The van der Waals surface area contributed by atoms with Gasteiger partial charge in [-0.1, -0.05) is 0 Å². The van der Waals surface area contributed by atoms with Gasteiger partial charge in [-0.15, -0.1) is 0 Å². The third-order valence-corrected chi connectivity index (χ3v) is 4.56. The van der Waals surface area contributed by atoms with E-state index < -0.39 is 26.9 Å². The number of nitro benzene ring substituents is 1. The van der Waals surface area contributed by atoms with Crippen LogP contribution in [0.5, 0.6) is 0 Å². The fourth-order valence-corrected chi connectivity index (χ4v) is 2.86. The number of hydrogen-bond acceptors (Lipinski definition) is 6. The molecule has 26 heavy (non-hydrogen) atoms. The molecule has 0 unspecified atom stereocenters. The van der Waals surface area contributed by atoms with Gasteiger partial charge in [-0.25, -0.2) is 17.9 Å². The Morgan fingerprint density at radius 3 is 2.08 bits per heavy atom. The summed E-state index contributed by atoms with van der Waals surface area (Å²) >= 11 is 0. The summed E-state index contributed by atoms with van der Waals surface area (Å²) in [5.74, 6) is -0.924. The van der Waals surface area contributed by atoms with E-state index in [2.05, 4.69) is 10.6 Å². The van der Waals surface area contributed by atoms with Crippen LogP contribution < -0.4 is 15.4 Å². The Balaban J connectivity index is 2.13. The molecule has 0 radical (unpaired) electrons. The zero-order valence-electron chi connectivity index (χ0n) is 13.4. The molecule has 0 aliphatic rings. The van der Waals surface area contributed by atoms with Crippen LogP contribution in [0.25, 0.3) is 0 Å². The van der Waals surface area contributed by atoms with Crippen LogP contribution in [-0.4, -0.2) is 32.3 Å². The van der Waals surface area contributed by atoms with Gasteiger partial charge in [0.05, 0.1) is 9.82 Å². The highest BCUT2D eigenvalue weighted by molar-refractivity contribution is 7.90. The molecule has 0 saturated carbocycles. The molecule has 2 aromatic carbocycles. The lowest BCUT2D eigenvalue weighted by Crippen LogP contribution is -2.30. The van der Waals surface area contributed by atoms with Crippen LogP contribution in [0.3, 0.4) is 0 Å². The molecule has 0 bridgehead atoms. The van der Waals surface area contributed by atoms with Crippen LogP contribution in [0.2, 0.25) is 0 Å². The second-order valence-corrected chi connectivity index (χ2v) is 6.65. The topological polar surface area (TPSA) is 148 Å². The van der Waals surface area contributed by atoms with Crippen molar-refractivity contribution in [3.63, 3.8) is 0 Å². The molecule has 0 aromatic heterocycles. The van der Waals surface area contributed by atoms with Crippen molar-refractivity contribution in [2.24, 2.45) is 0 Å². The van der Waals surface area contributed by atoms with Crippen LogP contribution in [0, 0.1) is 10.1 Å². The second-order valence-electron chi connectivity index (χ2n) is 4.97. The van der Waals surface area contributed by atoms with Gasteiger partial charge in [-0.3, -0.25) is 14.9 Å². The maximum Gasteiger partial charge on any atom is 0.318 e. The minimum absolute atomic E-state index is 0.0444. The number of non-ortho nitro benzene ring substituents is 1. The molecule has 0 heterocycles. The Labute approximate surface area is 148 Å². The molecule has 0 spiro atoms. The Kier molecular flexibility index (Phi) is 5.52. The molecule has 0 aliphatic heterocycles. The lowest BCUT2D eigenvalue weighted by atomic mass is 10.2. The zero-order chi connectivity index (χ0) is 19.3. The normalized spacial score (nSPS) is 10.7.